The van der Waals surface area contributed by atoms with E-state index < -0.39 is 14.7 Å². The first-order chi connectivity index (χ1) is 9.98. The van der Waals surface area contributed by atoms with Crippen molar-refractivity contribution in [2.45, 2.75) is 4.83 Å². The summed E-state index contributed by atoms with van der Waals surface area (Å²) in [6.45, 7) is 1.86. The molecule has 0 aromatic heterocycles. The van der Waals surface area contributed by atoms with Gasteiger partial charge in [0.1, 0.15) is 11.4 Å². The molecule has 0 bridgehead atoms. The van der Waals surface area contributed by atoms with Crippen molar-refractivity contribution >= 4 is 31.7 Å². The van der Waals surface area contributed by atoms with Gasteiger partial charge in [0.2, 0.25) is 0 Å². The Morgan fingerprint density at radius 3 is 2.48 bits per heavy atom. The predicted octanol–water partition coefficient (Wildman–Crippen LogP) is 1.40. The van der Waals surface area contributed by atoms with Gasteiger partial charge in [0.15, 0.2) is 9.84 Å². The molecule has 1 atom stereocenters. The zero-order valence-electron chi connectivity index (χ0n) is 11.6. The summed E-state index contributed by atoms with van der Waals surface area (Å²) in [5.74, 6) is 0.0451. The first kappa shape index (κ1) is 16.5. The minimum atomic E-state index is -2.86. The number of hydrogen-bond donors (Lipinski definition) is 0. The minimum Gasteiger partial charge on any atom is -0.463 e. The maximum Gasteiger partial charge on any atom is 0.324 e. The Bertz CT molecular complexity index is 562. The summed E-state index contributed by atoms with van der Waals surface area (Å²) >= 11 is 3.33. The Kier molecular flexibility index (Phi) is 5.78. The molecule has 1 unspecified atom stereocenters. The number of esters is 1. The highest BCUT2D eigenvalue weighted by atomic mass is 79.9. The van der Waals surface area contributed by atoms with Gasteiger partial charge in [-0.2, -0.15) is 0 Å². The smallest absolute Gasteiger partial charge is 0.324 e. The van der Waals surface area contributed by atoms with Crippen LogP contribution in [-0.4, -0.2) is 57.0 Å². The van der Waals surface area contributed by atoms with Crippen molar-refractivity contribution in [1.29, 1.82) is 0 Å². The number of hydrogen-bond acceptors (Lipinski definition) is 5. The van der Waals surface area contributed by atoms with Gasteiger partial charge < -0.3 is 4.74 Å². The molecule has 1 aliphatic rings. The molecule has 0 saturated carbocycles. The van der Waals surface area contributed by atoms with Crippen molar-refractivity contribution in [2.24, 2.45) is 0 Å². The highest BCUT2D eigenvalue weighted by Gasteiger charge is 2.22. The Morgan fingerprint density at radius 1 is 1.24 bits per heavy atom. The van der Waals surface area contributed by atoms with E-state index in [1.165, 1.54) is 0 Å². The summed E-state index contributed by atoms with van der Waals surface area (Å²) in [6.07, 6.45) is 0. The number of benzene rings is 1. The summed E-state index contributed by atoms with van der Waals surface area (Å²) in [6, 6.07) is 9.33. The second-order valence-electron chi connectivity index (χ2n) is 4.93. The monoisotopic (exact) mass is 375 g/mol. The van der Waals surface area contributed by atoms with E-state index in [1.807, 2.05) is 35.2 Å². The minimum absolute atomic E-state index is 0.187. The molecule has 1 aromatic rings. The highest BCUT2D eigenvalue weighted by Crippen LogP contribution is 2.23. The van der Waals surface area contributed by atoms with Crippen LogP contribution >= 0.6 is 15.9 Å². The molecule has 1 fully saturated rings. The molecular weight excluding hydrogens is 358 g/mol. The Balaban J connectivity index is 1.72. The van der Waals surface area contributed by atoms with Crippen LogP contribution in [0.4, 0.5) is 0 Å². The van der Waals surface area contributed by atoms with E-state index in [1.54, 1.807) is 0 Å². The lowest BCUT2D eigenvalue weighted by Gasteiger charge is -2.26. The van der Waals surface area contributed by atoms with Gasteiger partial charge in [-0.15, -0.1) is 0 Å². The largest absolute Gasteiger partial charge is 0.463 e. The van der Waals surface area contributed by atoms with E-state index in [0.717, 1.165) is 5.56 Å². The van der Waals surface area contributed by atoms with Gasteiger partial charge in [0.25, 0.3) is 0 Å². The molecule has 0 amide bonds. The third-order valence-electron chi connectivity index (χ3n) is 3.39. The molecule has 0 spiro atoms. The average Bonchev–Trinajstić information content (AvgIpc) is 2.49. The van der Waals surface area contributed by atoms with E-state index in [9.17, 15) is 13.2 Å². The molecule has 0 N–H and O–H groups in total. The summed E-state index contributed by atoms with van der Waals surface area (Å²) in [4.78, 5) is 13.4. The number of alkyl halides is 1. The van der Waals surface area contributed by atoms with Crippen LogP contribution in [0.15, 0.2) is 30.3 Å². The summed E-state index contributed by atoms with van der Waals surface area (Å²) in [5, 5.41) is 0. The molecule has 5 nitrogen and oxygen atoms in total. The van der Waals surface area contributed by atoms with Gasteiger partial charge in [0.05, 0.1) is 11.5 Å². The van der Waals surface area contributed by atoms with Crippen molar-refractivity contribution < 1.29 is 17.9 Å². The maximum absolute atomic E-state index is 11.9. The highest BCUT2D eigenvalue weighted by molar-refractivity contribution is 9.09. The van der Waals surface area contributed by atoms with Gasteiger partial charge >= 0.3 is 5.97 Å². The molecule has 0 radical (unpaired) electrons. The van der Waals surface area contributed by atoms with E-state index in [0.29, 0.717) is 19.6 Å². The van der Waals surface area contributed by atoms with Gasteiger partial charge in [-0.25, -0.2) is 8.42 Å². The first-order valence-corrected chi connectivity index (χ1v) is 9.50. The van der Waals surface area contributed by atoms with Crippen LogP contribution in [0.2, 0.25) is 0 Å². The van der Waals surface area contributed by atoms with Crippen molar-refractivity contribution in [2.75, 3.05) is 37.7 Å². The quantitative estimate of drug-likeness (QED) is 0.574. The fourth-order valence-corrected chi connectivity index (χ4v) is 3.79. The fraction of sp³-hybridized carbons (Fsp3) is 0.500. The number of halogens is 1. The lowest BCUT2D eigenvalue weighted by molar-refractivity contribution is -0.143. The molecular formula is C14H18BrNO4S. The summed E-state index contributed by atoms with van der Waals surface area (Å²) in [7, 11) is -2.86. The number of carbonyl (C=O) groups excluding carboxylic acids is 1. The fourth-order valence-electron chi connectivity index (χ4n) is 2.08. The Labute approximate surface area is 133 Å². The second kappa shape index (κ2) is 7.38. The zero-order valence-corrected chi connectivity index (χ0v) is 14.0. The molecule has 7 heteroatoms. The van der Waals surface area contributed by atoms with Gasteiger partial charge in [-0.1, -0.05) is 46.3 Å². The van der Waals surface area contributed by atoms with Crippen molar-refractivity contribution in [3.05, 3.63) is 35.9 Å². The Morgan fingerprint density at radius 2 is 1.86 bits per heavy atom. The van der Waals surface area contributed by atoms with Crippen LogP contribution in [-0.2, 0) is 19.4 Å². The number of carbonyl (C=O) groups is 1. The summed E-state index contributed by atoms with van der Waals surface area (Å²) < 4.78 is 27.8. The average molecular weight is 376 g/mol. The molecule has 116 valence electrons. The molecule has 21 heavy (non-hydrogen) atoms. The molecule has 0 aliphatic carbocycles. The van der Waals surface area contributed by atoms with Crippen LogP contribution < -0.4 is 0 Å². The zero-order chi connectivity index (χ0) is 15.3. The first-order valence-electron chi connectivity index (χ1n) is 6.76. The molecule has 2 rings (SSSR count). The van der Waals surface area contributed by atoms with Gasteiger partial charge in [0, 0.05) is 19.6 Å². The normalized spacial score (nSPS) is 19.9. The third-order valence-corrected chi connectivity index (χ3v) is 5.90. The topological polar surface area (TPSA) is 63.7 Å². The maximum atomic E-state index is 11.9. The van der Waals surface area contributed by atoms with E-state index in [-0.39, 0.29) is 24.1 Å². The molecule has 1 aliphatic heterocycles. The second-order valence-corrected chi connectivity index (χ2v) is 8.15. The van der Waals surface area contributed by atoms with E-state index >= 15 is 0 Å². The van der Waals surface area contributed by atoms with Crippen molar-refractivity contribution in [3.63, 3.8) is 0 Å². The van der Waals surface area contributed by atoms with Crippen LogP contribution in [0.3, 0.4) is 0 Å². The number of nitrogens with zero attached hydrogens (tertiary/aromatic N) is 1. The third kappa shape index (κ3) is 5.09. The van der Waals surface area contributed by atoms with Crippen LogP contribution in [0, 0.1) is 0 Å². The van der Waals surface area contributed by atoms with E-state index in [2.05, 4.69) is 15.9 Å². The Hall–Kier alpha value is -0.920. The summed E-state index contributed by atoms with van der Waals surface area (Å²) in [5.41, 5.74) is 0.853. The SMILES string of the molecule is O=C(OCCN1CCS(=O)(=O)CC1)C(Br)c1ccccc1. The number of ether oxygens (including phenoxy) is 1. The van der Waals surface area contributed by atoms with Crippen molar-refractivity contribution in [1.82, 2.24) is 4.90 Å². The number of sulfone groups is 1. The van der Waals surface area contributed by atoms with Gasteiger partial charge in [-0.3, -0.25) is 9.69 Å². The number of rotatable bonds is 5. The van der Waals surface area contributed by atoms with Crippen LogP contribution in [0.1, 0.15) is 10.4 Å². The van der Waals surface area contributed by atoms with Crippen LogP contribution in [0.5, 0.6) is 0 Å². The lowest BCUT2D eigenvalue weighted by atomic mass is 10.1. The van der Waals surface area contributed by atoms with Crippen LogP contribution in [0.25, 0.3) is 0 Å². The standard InChI is InChI=1S/C14H18BrNO4S/c15-13(12-4-2-1-3-5-12)14(17)20-9-6-16-7-10-21(18,19)11-8-16/h1-5,13H,6-11H2. The molecule has 1 aromatic carbocycles. The lowest BCUT2D eigenvalue weighted by Crippen LogP contribution is -2.42. The van der Waals surface area contributed by atoms with Gasteiger partial charge in [-0.05, 0) is 5.56 Å². The predicted molar refractivity (Wildman–Crippen MR) is 84.2 cm³/mol. The molecule has 1 heterocycles. The van der Waals surface area contributed by atoms with E-state index in [4.69, 9.17) is 4.74 Å². The molecule has 1 saturated heterocycles. The van der Waals surface area contributed by atoms with Crippen molar-refractivity contribution in [3.8, 4) is 0 Å².